The van der Waals surface area contributed by atoms with E-state index in [1.165, 1.54) is 0 Å². The van der Waals surface area contributed by atoms with E-state index in [9.17, 15) is 8.78 Å². The number of hydrogen-bond donors (Lipinski definition) is 2. The SMILES string of the molecule is Cc1cccc(CNCC(F)(F)CO)n1. The van der Waals surface area contributed by atoms with Gasteiger partial charge in [0.2, 0.25) is 0 Å². The smallest absolute Gasteiger partial charge is 0.282 e. The standard InChI is InChI=1S/C10H14F2N2O/c1-8-3-2-4-9(14-8)5-13-6-10(11,12)7-15/h2-4,13,15H,5-7H2,1H3. The second-order valence-corrected chi connectivity index (χ2v) is 3.39. The lowest BCUT2D eigenvalue weighted by atomic mass is 10.3. The van der Waals surface area contributed by atoms with Crippen LogP contribution in [0.4, 0.5) is 8.78 Å². The van der Waals surface area contributed by atoms with E-state index in [4.69, 9.17) is 5.11 Å². The molecule has 0 amide bonds. The molecule has 0 aliphatic rings. The van der Waals surface area contributed by atoms with Crippen LogP contribution in [0.15, 0.2) is 18.2 Å². The lowest BCUT2D eigenvalue weighted by molar-refractivity contribution is -0.0478. The van der Waals surface area contributed by atoms with Gasteiger partial charge in [-0.1, -0.05) is 6.07 Å². The first-order valence-electron chi connectivity index (χ1n) is 4.65. The molecule has 0 atom stereocenters. The second kappa shape index (κ2) is 5.14. The molecule has 0 spiro atoms. The third-order valence-corrected chi connectivity index (χ3v) is 1.87. The lowest BCUT2D eigenvalue weighted by Gasteiger charge is -2.13. The van der Waals surface area contributed by atoms with Crippen LogP contribution in [0, 0.1) is 6.92 Å². The molecule has 0 aliphatic carbocycles. The van der Waals surface area contributed by atoms with Gasteiger partial charge in [-0.15, -0.1) is 0 Å². The largest absolute Gasteiger partial charge is 0.390 e. The monoisotopic (exact) mass is 216 g/mol. The molecule has 0 saturated carbocycles. The molecule has 1 rings (SSSR count). The number of hydrogen-bond acceptors (Lipinski definition) is 3. The molecule has 0 fully saturated rings. The van der Waals surface area contributed by atoms with E-state index in [0.29, 0.717) is 5.69 Å². The van der Waals surface area contributed by atoms with Crippen LogP contribution in [0.2, 0.25) is 0 Å². The van der Waals surface area contributed by atoms with Crippen LogP contribution in [-0.2, 0) is 6.54 Å². The molecule has 2 N–H and O–H groups in total. The molecule has 0 aliphatic heterocycles. The molecule has 84 valence electrons. The third-order valence-electron chi connectivity index (χ3n) is 1.87. The number of aromatic nitrogens is 1. The highest BCUT2D eigenvalue weighted by atomic mass is 19.3. The minimum Gasteiger partial charge on any atom is -0.390 e. The molecule has 5 heteroatoms. The molecule has 0 aromatic carbocycles. The third kappa shape index (κ3) is 4.31. The number of rotatable bonds is 5. The molecular formula is C10H14F2N2O. The Kier molecular flexibility index (Phi) is 4.11. The van der Waals surface area contributed by atoms with Gasteiger partial charge < -0.3 is 10.4 Å². The maximum atomic E-state index is 12.6. The number of aliphatic hydroxyl groups is 1. The minimum absolute atomic E-state index is 0.275. The first-order valence-corrected chi connectivity index (χ1v) is 4.65. The van der Waals surface area contributed by atoms with E-state index in [1.54, 1.807) is 6.07 Å². The van der Waals surface area contributed by atoms with Crippen LogP contribution < -0.4 is 5.32 Å². The number of pyridine rings is 1. The average Bonchev–Trinajstić information content (AvgIpc) is 2.18. The average molecular weight is 216 g/mol. The Morgan fingerprint density at radius 2 is 2.20 bits per heavy atom. The van der Waals surface area contributed by atoms with Crippen molar-refractivity contribution in [3.63, 3.8) is 0 Å². The zero-order valence-electron chi connectivity index (χ0n) is 8.50. The zero-order chi connectivity index (χ0) is 11.3. The van der Waals surface area contributed by atoms with Crippen LogP contribution in [0.1, 0.15) is 11.4 Å². The van der Waals surface area contributed by atoms with Gasteiger partial charge in [-0.2, -0.15) is 0 Å². The first-order chi connectivity index (χ1) is 7.03. The van der Waals surface area contributed by atoms with Gasteiger partial charge in [0.1, 0.15) is 6.61 Å². The summed E-state index contributed by atoms with van der Waals surface area (Å²) < 4.78 is 25.2. The van der Waals surface area contributed by atoms with Gasteiger partial charge in [-0.05, 0) is 19.1 Å². The highest BCUT2D eigenvalue weighted by Crippen LogP contribution is 2.10. The van der Waals surface area contributed by atoms with Gasteiger partial charge in [0, 0.05) is 12.2 Å². The van der Waals surface area contributed by atoms with Crippen molar-refractivity contribution < 1.29 is 13.9 Å². The van der Waals surface area contributed by atoms with Gasteiger partial charge in [-0.3, -0.25) is 4.98 Å². The summed E-state index contributed by atoms with van der Waals surface area (Å²) in [7, 11) is 0. The second-order valence-electron chi connectivity index (χ2n) is 3.39. The molecule has 1 heterocycles. The number of halogens is 2. The lowest BCUT2D eigenvalue weighted by Crippen LogP contribution is -2.35. The van der Waals surface area contributed by atoms with Crippen molar-refractivity contribution in [2.45, 2.75) is 19.4 Å². The number of aryl methyl sites for hydroxylation is 1. The molecule has 1 aromatic rings. The van der Waals surface area contributed by atoms with Crippen LogP contribution in [0.5, 0.6) is 0 Å². The van der Waals surface area contributed by atoms with Crippen molar-refractivity contribution in [3.05, 3.63) is 29.6 Å². The van der Waals surface area contributed by atoms with Crippen LogP contribution >= 0.6 is 0 Å². The predicted octanol–water partition coefficient (Wildman–Crippen LogP) is 1.11. The van der Waals surface area contributed by atoms with E-state index in [2.05, 4.69) is 10.3 Å². The Hall–Kier alpha value is -1.07. The van der Waals surface area contributed by atoms with Crippen LogP contribution in [-0.4, -0.2) is 29.2 Å². The van der Waals surface area contributed by atoms with Crippen LogP contribution in [0.25, 0.3) is 0 Å². The van der Waals surface area contributed by atoms with Gasteiger partial charge in [0.15, 0.2) is 0 Å². The van der Waals surface area contributed by atoms with E-state index in [1.807, 2.05) is 19.1 Å². The molecule has 0 bridgehead atoms. The summed E-state index contributed by atoms with van der Waals surface area (Å²) in [4.78, 5) is 4.15. The van der Waals surface area contributed by atoms with Gasteiger partial charge in [0.05, 0.1) is 12.2 Å². The van der Waals surface area contributed by atoms with Crippen molar-refractivity contribution in [1.82, 2.24) is 10.3 Å². The van der Waals surface area contributed by atoms with Crippen molar-refractivity contribution in [2.24, 2.45) is 0 Å². The Morgan fingerprint density at radius 3 is 2.80 bits per heavy atom. The minimum atomic E-state index is -3.07. The summed E-state index contributed by atoms with van der Waals surface area (Å²) in [6.07, 6.45) is 0. The van der Waals surface area contributed by atoms with Gasteiger partial charge in [-0.25, -0.2) is 8.78 Å². The summed E-state index contributed by atoms with van der Waals surface area (Å²) in [6, 6.07) is 5.42. The Bertz CT molecular complexity index is 318. The highest BCUT2D eigenvalue weighted by molar-refractivity contribution is 5.09. The summed E-state index contributed by atoms with van der Waals surface area (Å²) in [5, 5.41) is 10.9. The Labute approximate surface area is 87.2 Å². The Morgan fingerprint density at radius 1 is 1.47 bits per heavy atom. The zero-order valence-corrected chi connectivity index (χ0v) is 8.50. The van der Waals surface area contributed by atoms with Crippen molar-refractivity contribution in [1.29, 1.82) is 0 Å². The maximum Gasteiger partial charge on any atom is 0.282 e. The molecule has 15 heavy (non-hydrogen) atoms. The number of nitrogens with zero attached hydrogens (tertiary/aromatic N) is 1. The number of aliphatic hydroxyl groups excluding tert-OH is 1. The summed E-state index contributed by atoms with van der Waals surface area (Å²) >= 11 is 0. The molecule has 3 nitrogen and oxygen atoms in total. The predicted molar refractivity (Wildman–Crippen MR) is 52.7 cm³/mol. The number of alkyl halides is 2. The first kappa shape index (κ1) is 12.0. The molecule has 0 unspecified atom stereocenters. The van der Waals surface area contributed by atoms with E-state index in [-0.39, 0.29) is 6.54 Å². The molecular weight excluding hydrogens is 202 g/mol. The fourth-order valence-electron chi connectivity index (χ4n) is 1.13. The number of nitrogens with one attached hydrogen (secondary N) is 1. The normalized spacial score (nSPS) is 11.7. The highest BCUT2D eigenvalue weighted by Gasteiger charge is 2.26. The quantitative estimate of drug-likeness (QED) is 0.775. The van der Waals surface area contributed by atoms with E-state index in [0.717, 1.165) is 5.69 Å². The van der Waals surface area contributed by atoms with E-state index < -0.39 is 19.1 Å². The Balaban J connectivity index is 2.38. The van der Waals surface area contributed by atoms with Crippen molar-refractivity contribution >= 4 is 0 Å². The van der Waals surface area contributed by atoms with Crippen molar-refractivity contribution in [2.75, 3.05) is 13.2 Å². The fourth-order valence-corrected chi connectivity index (χ4v) is 1.13. The molecule has 0 radical (unpaired) electrons. The van der Waals surface area contributed by atoms with Crippen LogP contribution in [0.3, 0.4) is 0 Å². The fraction of sp³-hybridized carbons (Fsp3) is 0.500. The van der Waals surface area contributed by atoms with Crippen molar-refractivity contribution in [3.8, 4) is 0 Å². The topological polar surface area (TPSA) is 45.1 Å². The summed E-state index contributed by atoms with van der Waals surface area (Å²) in [5.74, 6) is -3.07. The summed E-state index contributed by atoms with van der Waals surface area (Å²) in [5.41, 5.74) is 1.56. The van der Waals surface area contributed by atoms with Gasteiger partial charge >= 0.3 is 0 Å². The maximum absolute atomic E-state index is 12.6. The van der Waals surface area contributed by atoms with Gasteiger partial charge in [0.25, 0.3) is 5.92 Å². The molecule has 0 saturated heterocycles. The summed E-state index contributed by atoms with van der Waals surface area (Å²) in [6.45, 7) is 0.434. The molecule has 1 aromatic heterocycles. The van der Waals surface area contributed by atoms with E-state index >= 15 is 0 Å².